The fourth-order valence-electron chi connectivity index (χ4n) is 1.11. The summed E-state index contributed by atoms with van der Waals surface area (Å²) in [6.07, 6.45) is 0. The monoisotopic (exact) mass is 415 g/mol. The first-order chi connectivity index (χ1) is 7.86. The third-order valence-electron chi connectivity index (χ3n) is 1.58. The molecule has 2 aromatic carbocycles. The van der Waals surface area contributed by atoms with Gasteiger partial charge in [0.1, 0.15) is 0 Å². The summed E-state index contributed by atoms with van der Waals surface area (Å²) in [7, 11) is 0. The minimum absolute atomic E-state index is 0. The van der Waals surface area contributed by atoms with Gasteiger partial charge in [-0.15, -0.1) is 40.6 Å². The van der Waals surface area contributed by atoms with Crippen molar-refractivity contribution in [3.63, 3.8) is 0 Å². The molecule has 2 aromatic rings. The van der Waals surface area contributed by atoms with Gasteiger partial charge in [0.2, 0.25) is 0 Å². The number of hydrogen-bond acceptors (Lipinski definition) is 0. The molecule has 0 aliphatic rings. The molecule has 0 saturated heterocycles. The summed E-state index contributed by atoms with van der Waals surface area (Å²) >= 11 is 4.78. The van der Waals surface area contributed by atoms with Crippen LogP contribution in [0.1, 0.15) is 23.6 Å². The summed E-state index contributed by atoms with van der Waals surface area (Å²) in [4.78, 5) is 0. The SMILES string of the molecule is Brc1cc2ccccc2[cH-]1.CC(C)(C)[NH-].[CH3-].[CH3-].[H-].[H-].[Si]=[Zr]. The van der Waals surface area contributed by atoms with Gasteiger partial charge in [-0.25, -0.2) is 0 Å². The molecule has 0 aliphatic carbocycles. The first-order valence-corrected chi connectivity index (χ1v) is 10.2. The number of fused-ring (bicyclic) bond motifs is 1. The molecule has 2 radical (unpaired) electrons. The van der Waals surface area contributed by atoms with Crippen molar-refractivity contribution >= 4 is 33.6 Å². The molecular weight excluding hydrogens is 393 g/mol. The second-order valence-electron chi connectivity index (χ2n) is 4.55. The number of benzene rings is 1. The second kappa shape index (κ2) is 12.1. The average Bonchev–Trinajstić information content (AvgIpc) is 2.58. The zero-order valence-electron chi connectivity index (χ0n) is 14.3. The summed E-state index contributed by atoms with van der Waals surface area (Å²) in [5, 5.41) is 2.60. The van der Waals surface area contributed by atoms with E-state index in [1.165, 1.54) is 34.1 Å². The van der Waals surface area contributed by atoms with E-state index in [4.69, 9.17) is 5.73 Å². The Kier molecular flexibility index (Phi) is 15.6. The molecule has 0 bridgehead atoms. The normalized spacial score (nSPS) is 8.84. The Hall–Kier alpha value is 0.370. The van der Waals surface area contributed by atoms with Crippen LogP contribution in [0.2, 0.25) is 0 Å². The Bertz CT molecular complexity index is 419. The van der Waals surface area contributed by atoms with E-state index in [1.807, 2.05) is 20.8 Å². The topological polar surface area (TPSA) is 23.8 Å². The van der Waals surface area contributed by atoms with Gasteiger partial charge in [-0.05, 0) is 0 Å². The Morgan fingerprint density at radius 1 is 1.21 bits per heavy atom. The first-order valence-electron chi connectivity index (χ1n) is 5.17. The zero-order valence-corrected chi connectivity index (χ0v) is 17.4. The van der Waals surface area contributed by atoms with Crippen molar-refractivity contribution < 1.29 is 26.2 Å². The van der Waals surface area contributed by atoms with Gasteiger partial charge in [0.25, 0.3) is 0 Å². The van der Waals surface area contributed by atoms with Gasteiger partial charge in [0.15, 0.2) is 0 Å². The predicted octanol–water partition coefficient (Wildman–Crippen LogP) is 5.90. The first kappa shape index (κ1) is 24.4. The molecule has 4 heteroatoms. The molecule has 0 heterocycles. The van der Waals surface area contributed by atoms with Gasteiger partial charge in [0.05, 0.1) is 0 Å². The minimum atomic E-state index is -0.250. The maximum atomic E-state index is 6.94. The van der Waals surface area contributed by atoms with E-state index in [9.17, 15) is 0 Å². The fourth-order valence-corrected chi connectivity index (χ4v) is 1.61. The predicted molar refractivity (Wildman–Crippen MR) is 92.1 cm³/mol. The van der Waals surface area contributed by atoms with Crippen LogP contribution in [0.5, 0.6) is 0 Å². The van der Waals surface area contributed by atoms with Crippen molar-refractivity contribution in [2.24, 2.45) is 0 Å². The average molecular weight is 418 g/mol. The molecule has 0 atom stereocenters. The van der Waals surface area contributed by atoms with Gasteiger partial charge in [-0.3, -0.25) is 0 Å². The van der Waals surface area contributed by atoms with E-state index in [0.29, 0.717) is 0 Å². The fraction of sp³-hybridized carbons (Fsp3) is 0.267. The van der Waals surface area contributed by atoms with Crippen LogP contribution in [0, 0.1) is 14.9 Å². The van der Waals surface area contributed by atoms with Crippen molar-refractivity contribution in [2.75, 3.05) is 0 Å². The van der Waals surface area contributed by atoms with Gasteiger partial charge in [-0.1, -0.05) is 47.2 Å². The molecule has 0 fully saturated rings. The molecule has 0 unspecified atom stereocenters. The van der Waals surface area contributed by atoms with Crippen LogP contribution in [-0.4, -0.2) is 12.4 Å². The number of halogens is 1. The van der Waals surface area contributed by atoms with E-state index in [2.05, 4.69) is 59.2 Å². The standard InChI is InChI=1S/C9H6Br.C4H10N.2CH3.Si.Zr.2H/c10-9-5-7-3-1-2-4-8(7)6-9;1-4(2,3)5;;;;;;/h1-6H;5H,1-3H3;2*1H3;;;;/q4*-1;;;2*-1. The Labute approximate surface area is 147 Å². The third kappa shape index (κ3) is 13.1. The Balaban J connectivity index is -0.0000000695. The summed E-state index contributed by atoms with van der Waals surface area (Å²) in [5.74, 6) is 0. The third-order valence-corrected chi connectivity index (χ3v) is 2.04. The van der Waals surface area contributed by atoms with Gasteiger partial charge >= 0.3 is 30.2 Å². The van der Waals surface area contributed by atoms with Crippen LogP contribution in [0.25, 0.3) is 16.5 Å². The summed E-state index contributed by atoms with van der Waals surface area (Å²) in [6.45, 7) is 8.62. The second-order valence-corrected chi connectivity index (χ2v) is 5.47. The molecule has 1 nitrogen and oxygen atoms in total. The number of rotatable bonds is 0. The van der Waals surface area contributed by atoms with E-state index in [-0.39, 0.29) is 23.2 Å². The molecular formula is C15H24BrNSiZr-6. The molecule has 2 rings (SSSR count). The molecule has 0 spiro atoms. The van der Waals surface area contributed by atoms with E-state index >= 15 is 0 Å². The summed E-state index contributed by atoms with van der Waals surface area (Å²) in [5.41, 5.74) is 6.69. The van der Waals surface area contributed by atoms with Crippen LogP contribution < -0.4 is 0 Å². The maximum absolute atomic E-state index is 6.94. The summed E-state index contributed by atoms with van der Waals surface area (Å²) < 4.78 is 1.16. The van der Waals surface area contributed by atoms with Crippen LogP contribution in [0.4, 0.5) is 0 Å². The van der Waals surface area contributed by atoms with Crippen LogP contribution >= 0.6 is 15.9 Å². The quantitative estimate of drug-likeness (QED) is 0.376. The van der Waals surface area contributed by atoms with Gasteiger partial charge in [-0.2, -0.15) is 6.07 Å². The molecule has 0 aromatic heterocycles. The molecule has 19 heavy (non-hydrogen) atoms. The van der Waals surface area contributed by atoms with Crippen LogP contribution in [0.3, 0.4) is 0 Å². The Morgan fingerprint density at radius 3 is 2.05 bits per heavy atom. The molecule has 110 valence electrons. The van der Waals surface area contributed by atoms with E-state index in [1.54, 1.807) is 0 Å². The van der Waals surface area contributed by atoms with Crippen LogP contribution in [-0.2, 0) is 23.3 Å². The molecule has 0 amide bonds. The molecule has 1 N–H and O–H groups in total. The number of hydrogen-bond donors (Lipinski definition) is 0. The Morgan fingerprint density at radius 2 is 1.63 bits per heavy atom. The zero-order chi connectivity index (χ0) is 13.5. The van der Waals surface area contributed by atoms with Crippen LogP contribution in [0.15, 0.2) is 40.9 Å². The number of nitrogens with one attached hydrogen (secondary N) is 1. The van der Waals surface area contributed by atoms with Crippen molar-refractivity contribution in [3.05, 3.63) is 61.5 Å². The summed E-state index contributed by atoms with van der Waals surface area (Å²) in [6, 6.07) is 12.6. The van der Waals surface area contributed by atoms with E-state index in [0.717, 1.165) is 4.47 Å². The van der Waals surface area contributed by atoms with Gasteiger partial charge < -0.3 is 23.4 Å². The van der Waals surface area contributed by atoms with Crippen molar-refractivity contribution in [1.29, 1.82) is 0 Å². The van der Waals surface area contributed by atoms with Gasteiger partial charge in [0, 0.05) is 0 Å². The van der Waals surface area contributed by atoms with Crippen molar-refractivity contribution in [1.82, 2.24) is 0 Å². The molecule has 0 aliphatic heterocycles. The van der Waals surface area contributed by atoms with Crippen molar-refractivity contribution in [3.8, 4) is 0 Å². The molecule has 0 saturated carbocycles. The van der Waals surface area contributed by atoms with E-state index < -0.39 is 0 Å². The van der Waals surface area contributed by atoms with Crippen molar-refractivity contribution in [2.45, 2.75) is 26.3 Å².